The molecule has 10 aromatic rings. The summed E-state index contributed by atoms with van der Waals surface area (Å²) in [6, 6.07) is 57.0. The molecule has 32 heteroatoms. The van der Waals surface area contributed by atoms with E-state index in [9.17, 15) is 50.2 Å². The van der Waals surface area contributed by atoms with Crippen molar-refractivity contribution in [3.63, 3.8) is 0 Å². The molecule has 5 aliphatic heterocycles. The van der Waals surface area contributed by atoms with E-state index in [1.54, 1.807) is 111 Å². The first kappa shape index (κ1) is 90.3. The normalized spacial score (nSPS) is 15.4. The highest BCUT2D eigenvalue weighted by molar-refractivity contribution is 7.91. The molecule has 2 unspecified atom stereocenters. The molecule has 0 bridgehead atoms. The highest BCUT2D eigenvalue weighted by Gasteiger charge is 2.47. The number of amides is 6. The Hall–Kier alpha value is -12.4. The van der Waals surface area contributed by atoms with Crippen LogP contribution in [0.25, 0.3) is 0 Å². The molecule has 9 aromatic carbocycles. The Balaban J connectivity index is 0.000000161. The van der Waals surface area contributed by atoms with Gasteiger partial charge in [0.1, 0.15) is 16.6 Å². The van der Waals surface area contributed by atoms with Crippen LogP contribution in [0.3, 0.4) is 0 Å². The summed E-state index contributed by atoms with van der Waals surface area (Å²) in [5, 5.41) is 5.19. The maximum Gasteiger partial charge on any atom is 0.357 e. The van der Waals surface area contributed by atoms with Crippen molar-refractivity contribution in [1.82, 2.24) is 34.1 Å². The van der Waals surface area contributed by atoms with E-state index < -0.39 is 62.1 Å². The number of hydrogen-bond donors (Lipinski definition) is 4. The molecule has 3 atom stereocenters. The number of likely N-dealkylation sites (N-methyl/N-ethyl adjacent to an activating group) is 3. The summed E-state index contributed by atoms with van der Waals surface area (Å²) in [6.07, 6.45) is 0.675. The van der Waals surface area contributed by atoms with Crippen molar-refractivity contribution in [3.05, 3.63) is 272 Å². The van der Waals surface area contributed by atoms with Crippen LogP contribution in [0.5, 0.6) is 40.2 Å². The second kappa shape index (κ2) is 40.5. The molecule has 0 aliphatic carbocycles. The van der Waals surface area contributed by atoms with Gasteiger partial charge in [-0.2, -0.15) is 8.42 Å². The number of fused-ring (bicyclic) bond motifs is 3. The van der Waals surface area contributed by atoms with Crippen LogP contribution in [-0.2, 0) is 26.9 Å². The van der Waals surface area contributed by atoms with Gasteiger partial charge in [-0.3, -0.25) is 52.7 Å². The van der Waals surface area contributed by atoms with Gasteiger partial charge < -0.3 is 63.0 Å². The highest BCUT2D eigenvalue weighted by Crippen LogP contribution is 2.47. The Morgan fingerprint density at radius 2 is 0.880 bits per heavy atom. The molecular weight excluding hydrogens is 1660 g/mol. The number of nitrogens with zero attached hydrogens (tertiary/aromatic N) is 8. The molecule has 29 nitrogen and oxygen atoms in total. The van der Waals surface area contributed by atoms with Gasteiger partial charge in [0.2, 0.25) is 10.0 Å². The van der Waals surface area contributed by atoms with Crippen LogP contribution in [0, 0.1) is 0 Å². The van der Waals surface area contributed by atoms with E-state index in [-0.39, 0.29) is 39.4 Å². The smallest absolute Gasteiger partial charge is 0.357 e. The van der Waals surface area contributed by atoms with Crippen LogP contribution in [0.2, 0.25) is 0 Å². The SMILES string of the molecule is CCN1CCN(c2cccc3c2C(=O)N(C(c2cccc(NCc4ccccc4)c2)c2ccc(OC)c(OC)c2)C3=O)CC1.CCN1CCN(c2cccc3c2C(=O)N(C(c2cccc(NS(=O)(=O)O)c2)c2ccc(OC)c(OC)c2)C3=O)CC1.COc1ccc([C@@H](CCCNS(=O)(=O)c2cccs2)N2C(=O)c3cccc(OCCN(C)C)c3C2=O)cc1OC. The number of methoxy groups -OCH3 is 6. The number of piperazine rings is 2. The number of sulfonamides is 1. The van der Waals surface area contributed by atoms with Crippen LogP contribution in [0.15, 0.2) is 210 Å². The van der Waals surface area contributed by atoms with Gasteiger partial charge in [-0.25, -0.2) is 13.1 Å². The fourth-order valence-corrected chi connectivity index (χ4v) is 18.8. The molecule has 2 saturated heterocycles. The molecule has 1 aromatic heterocycles. The van der Waals surface area contributed by atoms with E-state index in [0.29, 0.717) is 117 Å². The first-order valence-electron chi connectivity index (χ1n) is 41.0. The maximum atomic E-state index is 14.4. The largest absolute Gasteiger partial charge is 0.493 e. The van der Waals surface area contributed by atoms with Gasteiger partial charge in [0.25, 0.3) is 35.4 Å². The van der Waals surface area contributed by atoms with E-state index in [2.05, 4.69) is 55.6 Å². The van der Waals surface area contributed by atoms with Gasteiger partial charge in [-0.1, -0.05) is 111 Å². The average Bonchev–Trinajstić information content (AvgIpc) is 1.60. The van der Waals surface area contributed by atoms with Crippen LogP contribution < -0.4 is 57.7 Å². The number of carbonyl (C=O) groups is 6. The summed E-state index contributed by atoms with van der Waals surface area (Å²) < 4.78 is 101. The van der Waals surface area contributed by atoms with Crippen LogP contribution in [0.1, 0.15) is 140 Å². The fourth-order valence-electron chi connectivity index (χ4n) is 16.3. The minimum atomic E-state index is -4.56. The zero-order valence-electron chi connectivity index (χ0n) is 71.4. The number of rotatable bonds is 33. The lowest BCUT2D eigenvalue weighted by atomic mass is 9.96. The van der Waals surface area contributed by atoms with Crippen molar-refractivity contribution in [2.75, 3.05) is 162 Å². The van der Waals surface area contributed by atoms with Crippen molar-refractivity contribution in [1.29, 1.82) is 0 Å². The van der Waals surface area contributed by atoms with Crippen molar-refractivity contribution in [2.45, 2.75) is 55.6 Å². The van der Waals surface area contributed by atoms with Crippen LogP contribution >= 0.6 is 11.3 Å². The van der Waals surface area contributed by atoms with Crippen molar-refractivity contribution >= 4 is 89.9 Å². The Labute approximate surface area is 732 Å². The molecule has 5 aliphatic rings. The van der Waals surface area contributed by atoms with Gasteiger partial charge in [-0.15, -0.1) is 11.3 Å². The predicted molar refractivity (Wildman–Crippen MR) is 479 cm³/mol. The molecule has 15 rings (SSSR count). The number of imide groups is 3. The van der Waals surface area contributed by atoms with Gasteiger partial charge >= 0.3 is 10.3 Å². The summed E-state index contributed by atoms with van der Waals surface area (Å²) >= 11 is 1.13. The second-order valence-electron chi connectivity index (χ2n) is 30.3. The molecule has 125 heavy (non-hydrogen) atoms. The van der Waals surface area contributed by atoms with Gasteiger partial charge in [0, 0.05) is 77.7 Å². The van der Waals surface area contributed by atoms with Crippen LogP contribution in [-0.4, -0.2) is 228 Å². The molecule has 4 N–H and O–H groups in total. The first-order valence-corrected chi connectivity index (χ1v) is 44.8. The minimum absolute atomic E-state index is 0.0709. The summed E-state index contributed by atoms with van der Waals surface area (Å²) in [7, 11) is 4.84. The Kier molecular flexibility index (Phi) is 29.3. The Morgan fingerprint density at radius 1 is 0.440 bits per heavy atom. The topological polar surface area (TPSA) is 318 Å². The number of anilines is 4. The number of hydrogen-bond acceptors (Lipinski definition) is 24. The number of thiophene rings is 1. The number of ether oxygens (including phenoxy) is 7. The molecule has 2 fully saturated rings. The second-order valence-corrected chi connectivity index (χ2v) is 34.4. The molecule has 0 radical (unpaired) electrons. The standard InChI is InChI=1S/C36H38N4O4.C29H32N4O7S.C28H33N3O7S2/c1-4-38-18-20-39(21-19-38)30-15-9-14-29-33(30)36(42)40(35(29)41)34(27-16-17-31(43-2)32(23-27)44-3)26-12-8-13-28(22-26)37-24-25-10-6-5-7-11-25;1-4-31-13-15-32(16-14-31)23-10-6-9-22-26(23)29(35)33(28(22)34)27(20-11-12-24(39-2)25(18-20)40-3)19-7-5-8-21(17-19)30-41(36,37)38;1-30(2)15-16-38-23-10-5-8-20-26(23)28(33)31(27(20)32)21(19-12-13-22(36-3)24(18-19)37-4)9-6-14-29-40(34,35)25-11-7-17-39-25/h5-17,22-23,34,37H,4,18-21,24H2,1-3H3;5-12,17-18,27,30H,4,13-16H2,1-3H3,(H,36,37,38);5,7-8,10-13,17-18,21,29H,6,9,14-16H2,1-4H3/t;;21-/m..1/s1. The van der Waals surface area contributed by atoms with E-state index in [0.717, 1.165) is 105 Å². The summed E-state index contributed by atoms with van der Waals surface area (Å²) in [6.45, 7) is 14.6. The molecule has 6 heterocycles. The third-order valence-electron chi connectivity index (χ3n) is 22.6. The van der Waals surface area contributed by atoms with Crippen molar-refractivity contribution in [2.24, 2.45) is 0 Å². The lowest BCUT2D eigenvalue weighted by Crippen LogP contribution is -2.46. The number of nitrogens with one attached hydrogen (secondary N) is 3. The highest BCUT2D eigenvalue weighted by atomic mass is 32.2. The lowest BCUT2D eigenvalue weighted by molar-refractivity contribution is 0.0563. The molecular formula is C93H103N11O18S3. The Bertz CT molecular complexity index is 5810. The summed E-state index contributed by atoms with van der Waals surface area (Å²) in [5.41, 5.74) is 8.93. The zero-order valence-corrected chi connectivity index (χ0v) is 73.8. The number of benzene rings is 9. The minimum Gasteiger partial charge on any atom is -0.493 e. The Morgan fingerprint density at radius 3 is 1.35 bits per heavy atom. The molecule has 0 saturated carbocycles. The molecule has 656 valence electrons. The fraction of sp³-hybridized carbons (Fsp3) is 0.312. The summed E-state index contributed by atoms with van der Waals surface area (Å²) in [5.74, 6) is 0.872. The zero-order chi connectivity index (χ0) is 88.8. The monoisotopic (exact) mass is 1760 g/mol. The van der Waals surface area contributed by atoms with E-state index >= 15 is 0 Å². The quantitative estimate of drug-likeness (QED) is 0.0169. The van der Waals surface area contributed by atoms with Gasteiger partial charge in [0.15, 0.2) is 34.5 Å². The lowest BCUT2D eigenvalue weighted by Gasteiger charge is -2.36. The maximum absolute atomic E-state index is 14.4. The van der Waals surface area contributed by atoms with E-state index in [4.69, 9.17) is 33.2 Å². The molecule has 6 amide bonds. The third kappa shape index (κ3) is 20.2. The third-order valence-corrected chi connectivity index (χ3v) is 26.0. The number of carbonyl (C=O) groups excluding carboxylic acids is 6. The molecule has 0 spiro atoms. The first-order chi connectivity index (χ1) is 60.3. The van der Waals surface area contributed by atoms with Crippen LogP contribution in [0.4, 0.5) is 22.7 Å². The van der Waals surface area contributed by atoms with Gasteiger partial charge in [-0.05, 0) is 182 Å². The van der Waals surface area contributed by atoms with E-state index in [1.165, 1.54) is 61.3 Å². The summed E-state index contributed by atoms with van der Waals surface area (Å²) in [4.78, 5) is 99.3. The van der Waals surface area contributed by atoms with Gasteiger partial charge in [0.05, 0.1) is 111 Å². The van der Waals surface area contributed by atoms with Crippen molar-refractivity contribution < 1.29 is 83.3 Å². The average molecular weight is 1760 g/mol. The predicted octanol–water partition coefficient (Wildman–Crippen LogP) is 13.1. The van der Waals surface area contributed by atoms with E-state index in [1.807, 2.05) is 103 Å². The van der Waals surface area contributed by atoms with Crippen molar-refractivity contribution in [3.8, 4) is 40.2 Å².